The molecule has 6 nitrogen and oxygen atoms in total. The van der Waals surface area contributed by atoms with Crippen molar-refractivity contribution in [3.8, 4) is 0 Å². The Balaban J connectivity index is 0.00000200. The van der Waals surface area contributed by atoms with Gasteiger partial charge < -0.3 is 15.4 Å². The fourth-order valence-corrected chi connectivity index (χ4v) is 3.37. The highest BCUT2D eigenvalue weighted by atomic mass is 127. The topological polar surface area (TPSA) is 79.8 Å². The van der Waals surface area contributed by atoms with Crippen molar-refractivity contribution >= 4 is 39.8 Å². The summed E-state index contributed by atoms with van der Waals surface area (Å²) >= 11 is 0. The van der Waals surface area contributed by atoms with E-state index in [1.165, 1.54) is 12.7 Å². The predicted octanol–water partition coefficient (Wildman–Crippen LogP) is 0.524. The third-order valence-corrected chi connectivity index (χ3v) is 4.67. The van der Waals surface area contributed by atoms with Gasteiger partial charge in [-0.3, -0.25) is 4.99 Å². The lowest BCUT2D eigenvalue weighted by atomic mass is 9.96. The van der Waals surface area contributed by atoms with Gasteiger partial charge in [0.25, 0.3) is 0 Å². The second kappa shape index (κ2) is 7.79. The minimum atomic E-state index is -2.88. The number of fused-ring (bicyclic) bond motifs is 2. The quantitative estimate of drug-likeness (QED) is 0.295. The van der Waals surface area contributed by atoms with Crippen molar-refractivity contribution in [2.75, 3.05) is 25.6 Å². The number of ether oxygens (including phenoxy) is 1. The Hall–Kier alpha value is -0.0900. The van der Waals surface area contributed by atoms with Gasteiger partial charge in [-0.2, -0.15) is 0 Å². The Kier molecular flexibility index (Phi) is 6.99. The van der Waals surface area contributed by atoms with Gasteiger partial charge in [0.05, 0.1) is 24.0 Å². The maximum Gasteiger partial charge on any atom is 0.191 e. The molecule has 2 aliphatic heterocycles. The van der Waals surface area contributed by atoms with Crippen LogP contribution in [0.25, 0.3) is 0 Å². The van der Waals surface area contributed by atoms with E-state index in [-0.39, 0.29) is 29.7 Å². The Bertz CT molecular complexity index is 441. The highest BCUT2D eigenvalue weighted by molar-refractivity contribution is 14.0. The van der Waals surface area contributed by atoms with Crippen LogP contribution in [-0.4, -0.2) is 58.2 Å². The molecule has 20 heavy (non-hydrogen) atoms. The molecule has 0 radical (unpaired) electrons. The Morgan fingerprint density at radius 1 is 1.40 bits per heavy atom. The summed E-state index contributed by atoms with van der Waals surface area (Å²) in [5, 5.41) is 6.51. The predicted molar refractivity (Wildman–Crippen MR) is 90.5 cm³/mol. The fraction of sp³-hybridized carbons (Fsp3) is 0.917. The van der Waals surface area contributed by atoms with Crippen LogP contribution < -0.4 is 10.6 Å². The van der Waals surface area contributed by atoms with Crippen molar-refractivity contribution in [1.29, 1.82) is 0 Å². The molecular weight excluding hydrogens is 393 g/mol. The van der Waals surface area contributed by atoms with Crippen LogP contribution in [0.1, 0.15) is 25.7 Å². The summed E-state index contributed by atoms with van der Waals surface area (Å²) < 4.78 is 27.8. The molecule has 2 saturated heterocycles. The molecule has 118 valence electrons. The number of rotatable bonds is 5. The van der Waals surface area contributed by atoms with Gasteiger partial charge in [0.1, 0.15) is 9.84 Å². The lowest BCUT2D eigenvalue weighted by Crippen LogP contribution is -2.47. The van der Waals surface area contributed by atoms with Crippen molar-refractivity contribution in [3.05, 3.63) is 0 Å². The molecule has 0 aromatic carbocycles. The van der Waals surface area contributed by atoms with Gasteiger partial charge in [-0.15, -0.1) is 24.0 Å². The molecule has 2 aliphatic rings. The van der Waals surface area contributed by atoms with Crippen LogP contribution in [0.15, 0.2) is 4.99 Å². The third kappa shape index (κ3) is 5.36. The number of hydrogen-bond donors (Lipinski definition) is 2. The van der Waals surface area contributed by atoms with Crippen molar-refractivity contribution in [2.24, 2.45) is 4.99 Å². The number of halogens is 1. The zero-order chi connectivity index (χ0) is 13.9. The number of aliphatic imine (C=N–C) groups is 1. The number of sulfone groups is 1. The summed E-state index contributed by atoms with van der Waals surface area (Å²) in [6.45, 7) is 0.606. The molecule has 3 atom stereocenters. The molecule has 0 aromatic heterocycles. The van der Waals surface area contributed by atoms with Crippen molar-refractivity contribution in [1.82, 2.24) is 10.6 Å². The molecule has 2 N–H and O–H groups in total. The first-order valence-corrected chi connectivity index (χ1v) is 8.84. The minimum Gasteiger partial charge on any atom is -0.373 e. The molecule has 0 spiro atoms. The summed E-state index contributed by atoms with van der Waals surface area (Å²) in [6, 6.07) is 0.333. The van der Waals surface area contributed by atoms with Gasteiger partial charge in [0, 0.05) is 19.8 Å². The summed E-state index contributed by atoms with van der Waals surface area (Å²) in [7, 11) is -1.16. The third-order valence-electron chi connectivity index (χ3n) is 3.64. The van der Waals surface area contributed by atoms with E-state index in [0.29, 0.717) is 31.2 Å². The molecule has 2 rings (SSSR count). The van der Waals surface area contributed by atoms with Crippen LogP contribution in [0.2, 0.25) is 0 Å². The molecule has 0 aliphatic carbocycles. The summed E-state index contributed by atoms with van der Waals surface area (Å²) in [5.41, 5.74) is 0. The summed E-state index contributed by atoms with van der Waals surface area (Å²) in [5.74, 6) is 0.934. The van der Waals surface area contributed by atoms with Gasteiger partial charge >= 0.3 is 0 Å². The Morgan fingerprint density at radius 2 is 2.15 bits per heavy atom. The minimum absolute atomic E-state index is 0. The maximum absolute atomic E-state index is 11.0. The van der Waals surface area contributed by atoms with E-state index in [4.69, 9.17) is 4.74 Å². The van der Waals surface area contributed by atoms with Crippen molar-refractivity contribution in [2.45, 2.75) is 43.9 Å². The Morgan fingerprint density at radius 3 is 2.65 bits per heavy atom. The van der Waals surface area contributed by atoms with Gasteiger partial charge in [0.15, 0.2) is 5.96 Å². The summed E-state index contributed by atoms with van der Waals surface area (Å²) in [6.07, 6.45) is 5.88. The van der Waals surface area contributed by atoms with E-state index in [1.807, 2.05) is 0 Å². The van der Waals surface area contributed by atoms with Gasteiger partial charge in [-0.05, 0) is 25.7 Å². The molecule has 0 aromatic rings. The molecule has 0 amide bonds. The van der Waals surface area contributed by atoms with E-state index >= 15 is 0 Å². The Labute approximate surface area is 138 Å². The number of guanidine groups is 1. The number of nitrogens with one attached hydrogen (secondary N) is 2. The first kappa shape index (κ1) is 18.0. The number of nitrogens with zero attached hydrogens (tertiary/aromatic N) is 1. The van der Waals surface area contributed by atoms with Crippen LogP contribution >= 0.6 is 24.0 Å². The van der Waals surface area contributed by atoms with E-state index in [0.717, 1.165) is 18.8 Å². The molecule has 3 unspecified atom stereocenters. The van der Waals surface area contributed by atoms with E-state index in [2.05, 4.69) is 15.6 Å². The molecular formula is C12H24IN3O3S. The zero-order valence-electron chi connectivity index (χ0n) is 12.0. The summed E-state index contributed by atoms with van der Waals surface area (Å²) in [4.78, 5) is 4.16. The second-order valence-corrected chi connectivity index (χ2v) is 7.60. The highest BCUT2D eigenvalue weighted by Crippen LogP contribution is 2.34. The fourth-order valence-electron chi connectivity index (χ4n) is 2.70. The SMILES string of the molecule is CN=C(NCCCS(C)(=O)=O)NC1CC2CCC1O2.I. The first-order chi connectivity index (χ1) is 8.98. The van der Waals surface area contributed by atoms with Gasteiger partial charge in [0.2, 0.25) is 0 Å². The maximum atomic E-state index is 11.0. The molecule has 2 bridgehead atoms. The number of hydrogen-bond acceptors (Lipinski definition) is 4. The van der Waals surface area contributed by atoms with Gasteiger partial charge in [-0.1, -0.05) is 0 Å². The van der Waals surface area contributed by atoms with Crippen molar-refractivity contribution in [3.63, 3.8) is 0 Å². The van der Waals surface area contributed by atoms with E-state index in [9.17, 15) is 8.42 Å². The monoisotopic (exact) mass is 417 g/mol. The smallest absolute Gasteiger partial charge is 0.191 e. The molecule has 0 saturated carbocycles. The average Bonchev–Trinajstić information content (AvgIpc) is 2.93. The second-order valence-electron chi connectivity index (χ2n) is 5.34. The zero-order valence-corrected chi connectivity index (χ0v) is 15.1. The largest absolute Gasteiger partial charge is 0.373 e. The van der Waals surface area contributed by atoms with Crippen molar-refractivity contribution < 1.29 is 13.2 Å². The van der Waals surface area contributed by atoms with E-state index < -0.39 is 9.84 Å². The average molecular weight is 417 g/mol. The highest BCUT2D eigenvalue weighted by Gasteiger charge is 2.41. The molecule has 2 fully saturated rings. The standard InChI is InChI=1S/C12H23N3O3S.HI/c1-13-12(14-6-3-7-19(2,16)17)15-10-8-9-4-5-11(10)18-9;/h9-11H,3-8H2,1-2H3,(H2,13,14,15);1H. The lowest BCUT2D eigenvalue weighted by molar-refractivity contribution is 0.0992. The van der Waals surface area contributed by atoms with Crippen LogP contribution in [0, 0.1) is 0 Å². The molecule has 2 heterocycles. The normalized spacial score (nSPS) is 29.1. The first-order valence-electron chi connectivity index (χ1n) is 6.78. The lowest BCUT2D eigenvalue weighted by Gasteiger charge is -2.22. The van der Waals surface area contributed by atoms with Crippen LogP contribution in [0.4, 0.5) is 0 Å². The van der Waals surface area contributed by atoms with E-state index in [1.54, 1.807) is 7.05 Å². The van der Waals surface area contributed by atoms with Crippen LogP contribution in [-0.2, 0) is 14.6 Å². The van der Waals surface area contributed by atoms with Crippen LogP contribution in [0.5, 0.6) is 0 Å². The van der Waals surface area contributed by atoms with Gasteiger partial charge in [-0.25, -0.2) is 8.42 Å². The molecule has 8 heteroatoms. The van der Waals surface area contributed by atoms with Crippen LogP contribution in [0.3, 0.4) is 0 Å².